The number of carbonyl (C=O) groups is 2. The van der Waals surface area contributed by atoms with Crippen molar-refractivity contribution in [2.75, 3.05) is 13.2 Å². The predicted octanol–water partition coefficient (Wildman–Crippen LogP) is 3.88. The first kappa shape index (κ1) is 25.1. The van der Waals surface area contributed by atoms with Gasteiger partial charge in [-0.1, -0.05) is 30.0 Å². The number of nitrogens with one attached hydrogen (secondary N) is 1. The minimum absolute atomic E-state index is 0.0504. The number of aromatic nitrogens is 1. The Bertz CT molecular complexity index is 1270. The van der Waals surface area contributed by atoms with Crippen molar-refractivity contribution in [3.8, 4) is 0 Å². The molecule has 186 valence electrons. The fourth-order valence-electron chi connectivity index (χ4n) is 4.07. The standard InChI is InChI=1S/C25H25N5O5S/c1-3-35-24(32)22-16(2)28-25-29(23(22)17-7-6-9-19(13-17)30(33)34)20(15-36-25)14-21(31)27-12-10-18-8-4-5-11-26-18/h4-9,11,13,15,23H,3,10,12,14H2,1-2H3,(H,27,31)/t23-/m1/s1. The summed E-state index contributed by atoms with van der Waals surface area (Å²) in [5.74, 6) is -0.744. The van der Waals surface area contributed by atoms with Crippen molar-refractivity contribution in [1.29, 1.82) is 0 Å². The molecule has 0 unspecified atom stereocenters. The summed E-state index contributed by atoms with van der Waals surface area (Å²) in [7, 11) is 0. The Balaban J connectivity index is 1.59. The SMILES string of the molecule is CCOC(=O)C1=C(C)N=C2SC=C(CC(=O)NCCc3ccccn3)N2[C@@H]1c1cccc([N+](=O)[O-])c1. The normalized spacial score (nSPS) is 16.7. The smallest absolute Gasteiger partial charge is 0.338 e. The Kier molecular flexibility index (Phi) is 7.79. The van der Waals surface area contributed by atoms with Crippen LogP contribution >= 0.6 is 11.8 Å². The lowest BCUT2D eigenvalue weighted by Crippen LogP contribution is -2.38. The van der Waals surface area contributed by atoms with Crippen LogP contribution in [0.25, 0.3) is 0 Å². The number of hydrogen-bond donors (Lipinski definition) is 1. The minimum atomic E-state index is -0.723. The molecule has 11 heteroatoms. The number of esters is 1. The molecule has 1 N–H and O–H groups in total. The summed E-state index contributed by atoms with van der Waals surface area (Å²) < 4.78 is 5.30. The lowest BCUT2D eigenvalue weighted by molar-refractivity contribution is -0.384. The quantitative estimate of drug-likeness (QED) is 0.308. The molecule has 3 heterocycles. The first-order valence-electron chi connectivity index (χ1n) is 11.4. The van der Waals surface area contributed by atoms with Gasteiger partial charge in [-0.15, -0.1) is 0 Å². The second kappa shape index (κ2) is 11.2. The van der Waals surface area contributed by atoms with Crippen molar-refractivity contribution in [1.82, 2.24) is 15.2 Å². The molecule has 0 saturated carbocycles. The van der Waals surface area contributed by atoms with Crippen LogP contribution in [0.15, 0.2) is 76.0 Å². The summed E-state index contributed by atoms with van der Waals surface area (Å²) in [4.78, 5) is 47.4. The second-order valence-electron chi connectivity index (χ2n) is 8.06. The Morgan fingerprint density at radius 3 is 2.81 bits per heavy atom. The van der Waals surface area contributed by atoms with Crippen LogP contribution in [0.4, 0.5) is 5.69 Å². The van der Waals surface area contributed by atoms with Crippen molar-refractivity contribution in [2.24, 2.45) is 4.99 Å². The molecular formula is C25H25N5O5S. The fourth-order valence-corrected chi connectivity index (χ4v) is 5.03. The number of rotatable bonds is 9. The largest absolute Gasteiger partial charge is 0.463 e. The zero-order valence-electron chi connectivity index (χ0n) is 19.8. The number of thioether (sulfide) groups is 1. The molecule has 1 amide bonds. The van der Waals surface area contributed by atoms with Crippen LogP contribution in [0.2, 0.25) is 0 Å². The van der Waals surface area contributed by atoms with Gasteiger partial charge in [0.15, 0.2) is 5.17 Å². The third-order valence-corrected chi connectivity index (χ3v) is 6.55. The van der Waals surface area contributed by atoms with Crippen LogP contribution < -0.4 is 5.32 Å². The third kappa shape index (κ3) is 5.46. The van der Waals surface area contributed by atoms with Gasteiger partial charge < -0.3 is 15.0 Å². The molecular weight excluding hydrogens is 482 g/mol. The van der Waals surface area contributed by atoms with E-state index in [-0.39, 0.29) is 30.2 Å². The Hall–Kier alpha value is -3.99. The summed E-state index contributed by atoms with van der Waals surface area (Å²) in [5.41, 5.74) is 2.71. The zero-order chi connectivity index (χ0) is 25.7. The van der Waals surface area contributed by atoms with Gasteiger partial charge in [-0.3, -0.25) is 19.9 Å². The molecule has 2 aliphatic rings. The van der Waals surface area contributed by atoms with Crippen molar-refractivity contribution < 1.29 is 19.2 Å². The molecule has 36 heavy (non-hydrogen) atoms. The first-order valence-corrected chi connectivity index (χ1v) is 12.3. The summed E-state index contributed by atoms with van der Waals surface area (Å²) in [6.07, 6.45) is 2.36. The van der Waals surface area contributed by atoms with Crippen LogP contribution in [0.1, 0.15) is 37.6 Å². The molecule has 0 bridgehead atoms. The summed E-state index contributed by atoms with van der Waals surface area (Å²) in [6, 6.07) is 11.0. The van der Waals surface area contributed by atoms with Crippen LogP contribution in [-0.4, -0.2) is 45.0 Å². The zero-order valence-corrected chi connectivity index (χ0v) is 20.7. The number of ether oxygens (including phenoxy) is 1. The molecule has 2 aliphatic heterocycles. The number of carbonyl (C=O) groups excluding carboxylic acids is 2. The number of allylic oxidation sites excluding steroid dienone is 1. The summed E-state index contributed by atoms with van der Waals surface area (Å²) >= 11 is 1.34. The molecule has 0 saturated heterocycles. The molecule has 1 aromatic heterocycles. The number of aliphatic imine (C=N–C) groups is 1. The highest BCUT2D eigenvalue weighted by Crippen LogP contribution is 2.45. The Morgan fingerprint density at radius 1 is 1.25 bits per heavy atom. The lowest BCUT2D eigenvalue weighted by atomic mass is 9.93. The number of fused-ring (bicyclic) bond motifs is 1. The number of hydrogen-bond acceptors (Lipinski definition) is 9. The maximum absolute atomic E-state index is 13.0. The van der Waals surface area contributed by atoms with Crippen molar-refractivity contribution in [2.45, 2.75) is 32.7 Å². The summed E-state index contributed by atoms with van der Waals surface area (Å²) in [5, 5.41) is 16.8. The third-order valence-electron chi connectivity index (χ3n) is 5.66. The van der Waals surface area contributed by atoms with E-state index in [1.54, 1.807) is 37.1 Å². The van der Waals surface area contributed by atoms with E-state index in [2.05, 4.69) is 15.3 Å². The molecule has 0 aliphatic carbocycles. The molecule has 2 aromatic rings. The summed E-state index contributed by atoms with van der Waals surface area (Å²) in [6.45, 7) is 4.02. The number of pyridine rings is 1. The number of nitro benzene ring substituents is 1. The van der Waals surface area contributed by atoms with E-state index in [9.17, 15) is 19.7 Å². The van der Waals surface area contributed by atoms with E-state index < -0.39 is 16.9 Å². The van der Waals surface area contributed by atoms with Gasteiger partial charge >= 0.3 is 5.97 Å². The average Bonchev–Trinajstić information content (AvgIpc) is 3.25. The van der Waals surface area contributed by atoms with Gasteiger partial charge in [0, 0.05) is 42.7 Å². The molecule has 0 fully saturated rings. The minimum Gasteiger partial charge on any atom is -0.463 e. The number of nitro groups is 1. The van der Waals surface area contributed by atoms with Crippen molar-refractivity contribution >= 4 is 34.5 Å². The maximum Gasteiger partial charge on any atom is 0.338 e. The topological polar surface area (TPSA) is 127 Å². The monoisotopic (exact) mass is 507 g/mol. The highest BCUT2D eigenvalue weighted by Gasteiger charge is 2.41. The average molecular weight is 508 g/mol. The Morgan fingerprint density at radius 2 is 2.08 bits per heavy atom. The van der Waals surface area contributed by atoms with Crippen molar-refractivity contribution in [3.63, 3.8) is 0 Å². The van der Waals surface area contributed by atoms with Crippen LogP contribution in [0.5, 0.6) is 0 Å². The van der Waals surface area contributed by atoms with E-state index >= 15 is 0 Å². The van der Waals surface area contributed by atoms with Gasteiger partial charge in [0.1, 0.15) is 0 Å². The molecule has 10 nitrogen and oxygen atoms in total. The van der Waals surface area contributed by atoms with Gasteiger partial charge in [-0.25, -0.2) is 9.79 Å². The number of benzene rings is 1. The molecule has 1 aromatic carbocycles. The van der Waals surface area contributed by atoms with Crippen molar-refractivity contribution in [3.05, 3.63) is 92.4 Å². The predicted molar refractivity (Wildman–Crippen MR) is 136 cm³/mol. The van der Waals surface area contributed by atoms with Crippen LogP contribution in [0, 0.1) is 10.1 Å². The fraction of sp³-hybridized carbons (Fsp3) is 0.280. The highest BCUT2D eigenvalue weighted by atomic mass is 32.2. The number of amides is 1. The van der Waals surface area contributed by atoms with E-state index in [1.807, 2.05) is 23.6 Å². The van der Waals surface area contributed by atoms with E-state index in [1.165, 1.54) is 23.9 Å². The van der Waals surface area contributed by atoms with E-state index in [0.29, 0.717) is 35.1 Å². The number of amidine groups is 1. The first-order chi connectivity index (χ1) is 17.4. The molecule has 1 atom stereocenters. The van der Waals surface area contributed by atoms with Crippen LogP contribution in [-0.2, 0) is 20.7 Å². The van der Waals surface area contributed by atoms with Gasteiger partial charge in [0.2, 0.25) is 5.91 Å². The Labute approximate surface area is 212 Å². The van der Waals surface area contributed by atoms with Crippen LogP contribution in [0.3, 0.4) is 0 Å². The molecule has 0 spiro atoms. The highest BCUT2D eigenvalue weighted by molar-refractivity contribution is 8.16. The van der Waals surface area contributed by atoms with E-state index in [0.717, 1.165) is 5.69 Å². The maximum atomic E-state index is 13.0. The number of nitrogens with zero attached hydrogens (tertiary/aromatic N) is 4. The number of non-ortho nitro benzene ring substituents is 1. The van der Waals surface area contributed by atoms with Gasteiger partial charge in [0.25, 0.3) is 5.69 Å². The van der Waals surface area contributed by atoms with Gasteiger partial charge in [0.05, 0.1) is 35.3 Å². The van der Waals surface area contributed by atoms with Gasteiger partial charge in [-0.05, 0) is 37.0 Å². The molecule has 0 radical (unpaired) electrons. The molecule has 4 rings (SSSR count). The second-order valence-corrected chi connectivity index (χ2v) is 8.90. The van der Waals surface area contributed by atoms with Gasteiger partial charge in [-0.2, -0.15) is 0 Å². The van der Waals surface area contributed by atoms with E-state index in [4.69, 9.17) is 4.74 Å². The lowest BCUT2D eigenvalue weighted by Gasteiger charge is -2.36.